The smallest absolute Gasteiger partial charge is 0.399 e. The highest BCUT2D eigenvalue weighted by Gasteiger charge is 2.52. The molecular formula is C11H18BFO2. The Morgan fingerprint density at radius 1 is 1.20 bits per heavy atom. The van der Waals surface area contributed by atoms with Crippen molar-refractivity contribution in [1.29, 1.82) is 0 Å². The first kappa shape index (κ1) is 12.5. The van der Waals surface area contributed by atoms with Gasteiger partial charge in [-0.25, -0.2) is 4.39 Å². The molecule has 0 aliphatic carbocycles. The summed E-state index contributed by atoms with van der Waals surface area (Å²) in [5, 5.41) is 0. The first-order valence-electron chi connectivity index (χ1n) is 5.05. The summed E-state index contributed by atoms with van der Waals surface area (Å²) in [6, 6.07) is 0. The van der Waals surface area contributed by atoms with Crippen LogP contribution in [0.15, 0.2) is 24.0 Å². The average molecular weight is 212 g/mol. The van der Waals surface area contributed by atoms with Gasteiger partial charge in [0.15, 0.2) is 0 Å². The third-order valence-electron chi connectivity index (χ3n) is 3.12. The number of rotatable bonds is 2. The van der Waals surface area contributed by atoms with Gasteiger partial charge in [-0.05, 0) is 34.6 Å². The fourth-order valence-electron chi connectivity index (χ4n) is 1.37. The van der Waals surface area contributed by atoms with E-state index < -0.39 is 18.3 Å². The molecule has 0 amide bonds. The quantitative estimate of drug-likeness (QED) is 0.517. The van der Waals surface area contributed by atoms with Crippen LogP contribution in [0.5, 0.6) is 0 Å². The first-order valence-corrected chi connectivity index (χ1v) is 5.05. The number of hydrogen-bond acceptors (Lipinski definition) is 2. The fraction of sp³-hybridized carbons (Fsp3) is 0.636. The first-order chi connectivity index (χ1) is 6.71. The Morgan fingerprint density at radius 3 is 1.87 bits per heavy atom. The minimum absolute atomic E-state index is 0.316. The van der Waals surface area contributed by atoms with Crippen LogP contribution in [0, 0.1) is 0 Å². The van der Waals surface area contributed by atoms with Crippen LogP contribution in [0.4, 0.5) is 4.39 Å². The lowest BCUT2D eigenvalue weighted by atomic mass is 9.77. The maximum absolute atomic E-state index is 13.2. The lowest BCUT2D eigenvalue weighted by molar-refractivity contribution is 0.00578. The number of allylic oxidation sites excluding steroid dienone is 3. The molecule has 0 atom stereocenters. The van der Waals surface area contributed by atoms with Crippen molar-refractivity contribution in [3.05, 3.63) is 24.0 Å². The van der Waals surface area contributed by atoms with E-state index in [1.807, 2.05) is 27.7 Å². The zero-order valence-corrected chi connectivity index (χ0v) is 10.1. The lowest BCUT2D eigenvalue weighted by Crippen LogP contribution is -2.41. The van der Waals surface area contributed by atoms with E-state index in [2.05, 4.69) is 6.58 Å². The van der Waals surface area contributed by atoms with Gasteiger partial charge < -0.3 is 9.31 Å². The summed E-state index contributed by atoms with van der Waals surface area (Å²) in [4.78, 5) is 0. The van der Waals surface area contributed by atoms with E-state index >= 15 is 0 Å². The van der Waals surface area contributed by atoms with Gasteiger partial charge in [0.2, 0.25) is 0 Å². The zero-order chi connectivity index (χ0) is 11.9. The molecule has 15 heavy (non-hydrogen) atoms. The minimum atomic E-state index is -0.655. The van der Waals surface area contributed by atoms with E-state index in [0.717, 1.165) is 0 Å². The van der Waals surface area contributed by atoms with Gasteiger partial charge in [-0.2, -0.15) is 0 Å². The van der Waals surface area contributed by atoms with Gasteiger partial charge in [0.05, 0.1) is 17.0 Å². The normalized spacial score (nSPS) is 25.1. The zero-order valence-electron chi connectivity index (χ0n) is 10.1. The molecule has 0 aromatic heterocycles. The van der Waals surface area contributed by atoms with E-state index in [4.69, 9.17) is 9.31 Å². The predicted molar refractivity (Wildman–Crippen MR) is 60.1 cm³/mol. The van der Waals surface area contributed by atoms with E-state index in [-0.39, 0.29) is 5.83 Å². The molecule has 0 saturated carbocycles. The predicted octanol–water partition coefficient (Wildman–Crippen LogP) is 3.05. The largest absolute Gasteiger partial charge is 0.497 e. The molecule has 0 aromatic rings. The van der Waals surface area contributed by atoms with Crippen molar-refractivity contribution in [3.63, 3.8) is 0 Å². The molecule has 1 heterocycles. The highest BCUT2D eigenvalue weighted by Crippen LogP contribution is 2.39. The summed E-state index contributed by atoms with van der Waals surface area (Å²) in [6.45, 7) is 12.7. The number of halogens is 1. The summed E-state index contributed by atoms with van der Waals surface area (Å²) in [6.07, 6.45) is 1.44. The molecular weight excluding hydrogens is 194 g/mol. The van der Waals surface area contributed by atoms with Gasteiger partial charge >= 0.3 is 7.12 Å². The van der Waals surface area contributed by atoms with Gasteiger partial charge in [0.25, 0.3) is 0 Å². The molecule has 0 radical (unpaired) electrons. The van der Waals surface area contributed by atoms with Crippen LogP contribution in [0.3, 0.4) is 0 Å². The van der Waals surface area contributed by atoms with E-state index in [9.17, 15) is 4.39 Å². The lowest BCUT2D eigenvalue weighted by Gasteiger charge is -2.32. The Labute approximate surface area is 91.3 Å². The fourth-order valence-corrected chi connectivity index (χ4v) is 1.37. The maximum atomic E-state index is 13.2. The van der Waals surface area contributed by atoms with Crippen molar-refractivity contribution < 1.29 is 13.7 Å². The topological polar surface area (TPSA) is 18.5 Å². The molecule has 0 spiro atoms. The maximum Gasteiger partial charge on any atom is 0.497 e. The second-order valence-corrected chi connectivity index (χ2v) is 4.78. The summed E-state index contributed by atoms with van der Waals surface area (Å²) in [5.74, 6) is -0.316. The standard InChI is InChI=1S/C11H18BFO2/c1-7-9(8(2)13)12-14-10(3,4)11(5,6)15-12/h7H,1H2,2-6H3/b9-8-. The second-order valence-electron chi connectivity index (χ2n) is 4.78. The molecule has 1 aliphatic rings. The van der Waals surface area contributed by atoms with Crippen LogP contribution >= 0.6 is 0 Å². The SMILES string of the molecule is C=C/C(B1OC(C)(C)C(C)(C)O1)=C(\C)F. The molecule has 1 rings (SSSR count). The van der Waals surface area contributed by atoms with Crippen LogP contribution in [0.25, 0.3) is 0 Å². The van der Waals surface area contributed by atoms with Crippen LogP contribution in [0.2, 0.25) is 0 Å². The Balaban J connectivity index is 2.97. The molecule has 2 nitrogen and oxygen atoms in total. The van der Waals surface area contributed by atoms with Crippen molar-refractivity contribution in [1.82, 2.24) is 0 Å². The van der Waals surface area contributed by atoms with Crippen molar-refractivity contribution in [2.75, 3.05) is 0 Å². The van der Waals surface area contributed by atoms with Crippen LogP contribution in [-0.2, 0) is 9.31 Å². The summed E-state index contributed by atoms with van der Waals surface area (Å²) < 4.78 is 24.5. The summed E-state index contributed by atoms with van der Waals surface area (Å²) in [7, 11) is -0.655. The Morgan fingerprint density at radius 2 is 1.60 bits per heavy atom. The van der Waals surface area contributed by atoms with Crippen molar-refractivity contribution >= 4 is 7.12 Å². The molecule has 4 heteroatoms. The Kier molecular flexibility index (Phi) is 3.12. The molecule has 0 unspecified atom stereocenters. The summed E-state index contributed by atoms with van der Waals surface area (Å²) >= 11 is 0. The van der Waals surface area contributed by atoms with Crippen molar-refractivity contribution in [2.24, 2.45) is 0 Å². The van der Waals surface area contributed by atoms with E-state index in [1.54, 1.807) is 0 Å². The monoisotopic (exact) mass is 212 g/mol. The molecule has 1 saturated heterocycles. The third-order valence-corrected chi connectivity index (χ3v) is 3.12. The van der Waals surface area contributed by atoms with Gasteiger partial charge in [-0.1, -0.05) is 12.7 Å². The highest BCUT2D eigenvalue weighted by molar-refractivity contribution is 6.55. The minimum Gasteiger partial charge on any atom is -0.399 e. The van der Waals surface area contributed by atoms with E-state index in [1.165, 1.54) is 13.0 Å². The molecule has 0 bridgehead atoms. The molecule has 0 aromatic carbocycles. The van der Waals surface area contributed by atoms with Crippen LogP contribution < -0.4 is 0 Å². The van der Waals surface area contributed by atoms with Crippen molar-refractivity contribution in [3.8, 4) is 0 Å². The molecule has 0 N–H and O–H groups in total. The van der Waals surface area contributed by atoms with Gasteiger partial charge in [0, 0.05) is 5.47 Å². The average Bonchev–Trinajstić information content (AvgIpc) is 2.21. The summed E-state index contributed by atoms with van der Waals surface area (Å²) in [5.41, 5.74) is -0.517. The van der Waals surface area contributed by atoms with Gasteiger partial charge in [-0.3, -0.25) is 0 Å². The third kappa shape index (κ3) is 2.16. The Hall–Kier alpha value is -0.605. The van der Waals surface area contributed by atoms with Crippen LogP contribution in [-0.4, -0.2) is 18.3 Å². The van der Waals surface area contributed by atoms with E-state index in [0.29, 0.717) is 5.47 Å². The van der Waals surface area contributed by atoms with Gasteiger partial charge in [0.1, 0.15) is 0 Å². The van der Waals surface area contributed by atoms with Crippen LogP contribution in [0.1, 0.15) is 34.6 Å². The highest BCUT2D eigenvalue weighted by atomic mass is 19.1. The Bertz CT molecular complexity index is 288. The molecule has 84 valence electrons. The van der Waals surface area contributed by atoms with Gasteiger partial charge in [-0.15, -0.1) is 0 Å². The van der Waals surface area contributed by atoms with Crippen molar-refractivity contribution in [2.45, 2.75) is 45.8 Å². The number of hydrogen-bond donors (Lipinski definition) is 0. The second kappa shape index (κ2) is 3.76. The molecule has 1 aliphatic heterocycles. The molecule has 1 fully saturated rings.